The Hall–Kier alpha value is -1.18. The lowest BCUT2D eigenvalue weighted by Crippen LogP contribution is -2.35. The third-order valence-corrected chi connectivity index (χ3v) is 2.92. The molecule has 0 spiro atoms. The SMILES string of the molecule is Cc1ccc2c(c1C)OC(C)CN2C. The highest BCUT2D eigenvalue weighted by atomic mass is 16.5. The minimum Gasteiger partial charge on any atom is -0.486 e. The predicted molar refractivity (Wildman–Crippen MR) is 59.3 cm³/mol. The Morgan fingerprint density at radius 3 is 2.79 bits per heavy atom. The van der Waals surface area contributed by atoms with E-state index in [-0.39, 0.29) is 6.10 Å². The molecule has 1 aromatic rings. The van der Waals surface area contributed by atoms with Crippen molar-refractivity contribution >= 4 is 5.69 Å². The first-order valence-corrected chi connectivity index (χ1v) is 5.07. The number of rotatable bonds is 0. The molecule has 14 heavy (non-hydrogen) atoms. The Bertz CT molecular complexity index is 360. The lowest BCUT2D eigenvalue weighted by molar-refractivity contribution is 0.214. The van der Waals surface area contributed by atoms with Crippen LogP contribution < -0.4 is 9.64 Å². The molecule has 0 amide bonds. The summed E-state index contributed by atoms with van der Waals surface area (Å²) in [7, 11) is 2.12. The van der Waals surface area contributed by atoms with Crippen molar-refractivity contribution in [2.75, 3.05) is 18.5 Å². The Labute approximate surface area is 85.5 Å². The summed E-state index contributed by atoms with van der Waals surface area (Å²) < 4.78 is 5.87. The summed E-state index contributed by atoms with van der Waals surface area (Å²) in [5.74, 6) is 1.06. The summed E-state index contributed by atoms with van der Waals surface area (Å²) in [6, 6.07) is 4.30. The molecule has 1 aliphatic rings. The second-order valence-electron chi connectivity index (χ2n) is 4.16. The van der Waals surface area contributed by atoms with Crippen molar-refractivity contribution < 1.29 is 4.74 Å². The predicted octanol–water partition coefficient (Wildman–Crippen LogP) is 2.52. The smallest absolute Gasteiger partial charge is 0.146 e. The Balaban J connectivity index is 2.54. The van der Waals surface area contributed by atoms with Gasteiger partial charge in [-0.1, -0.05) is 6.07 Å². The number of benzene rings is 1. The molecule has 0 fully saturated rings. The highest BCUT2D eigenvalue weighted by Crippen LogP contribution is 2.36. The molecule has 1 atom stereocenters. The van der Waals surface area contributed by atoms with Crippen molar-refractivity contribution in [3.8, 4) is 5.75 Å². The van der Waals surface area contributed by atoms with Gasteiger partial charge in [0.25, 0.3) is 0 Å². The van der Waals surface area contributed by atoms with Crippen LogP contribution in [0.5, 0.6) is 5.75 Å². The fourth-order valence-electron chi connectivity index (χ4n) is 1.95. The van der Waals surface area contributed by atoms with Gasteiger partial charge < -0.3 is 9.64 Å². The van der Waals surface area contributed by atoms with Crippen LogP contribution in [0.15, 0.2) is 12.1 Å². The summed E-state index contributed by atoms with van der Waals surface area (Å²) in [5, 5.41) is 0. The minimum atomic E-state index is 0.285. The molecule has 0 radical (unpaired) electrons. The summed E-state index contributed by atoms with van der Waals surface area (Å²) in [6.07, 6.45) is 0.285. The molecule has 0 aliphatic carbocycles. The number of hydrogen-bond acceptors (Lipinski definition) is 2. The number of likely N-dealkylation sites (N-methyl/N-ethyl adjacent to an activating group) is 1. The molecule has 1 heterocycles. The molecular weight excluding hydrogens is 174 g/mol. The van der Waals surface area contributed by atoms with E-state index in [4.69, 9.17) is 4.74 Å². The van der Waals surface area contributed by atoms with E-state index in [2.05, 4.69) is 44.9 Å². The Morgan fingerprint density at radius 1 is 1.36 bits per heavy atom. The first-order valence-electron chi connectivity index (χ1n) is 5.07. The zero-order valence-electron chi connectivity index (χ0n) is 9.29. The van der Waals surface area contributed by atoms with Gasteiger partial charge in [0, 0.05) is 7.05 Å². The maximum Gasteiger partial charge on any atom is 0.146 e. The lowest BCUT2D eigenvalue weighted by Gasteiger charge is -2.33. The number of ether oxygens (including phenoxy) is 1. The second-order valence-corrected chi connectivity index (χ2v) is 4.16. The van der Waals surface area contributed by atoms with Crippen LogP contribution in [0.25, 0.3) is 0 Å². The molecule has 1 aromatic carbocycles. The average Bonchev–Trinajstić information content (AvgIpc) is 2.12. The van der Waals surface area contributed by atoms with E-state index in [9.17, 15) is 0 Å². The molecular formula is C12H17NO. The van der Waals surface area contributed by atoms with Crippen molar-refractivity contribution in [3.05, 3.63) is 23.3 Å². The van der Waals surface area contributed by atoms with Crippen LogP contribution in [0.4, 0.5) is 5.69 Å². The fraction of sp³-hybridized carbons (Fsp3) is 0.500. The van der Waals surface area contributed by atoms with Crippen LogP contribution in [0.3, 0.4) is 0 Å². The van der Waals surface area contributed by atoms with E-state index >= 15 is 0 Å². The Kier molecular flexibility index (Phi) is 2.14. The molecule has 1 aliphatic heterocycles. The quantitative estimate of drug-likeness (QED) is 0.624. The van der Waals surface area contributed by atoms with Crippen LogP contribution in [0, 0.1) is 13.8 Å². The largest absolute Gasteiger partial charge is 0.486 e. The van der Waals surface area contributed by atoms with Crippen LogP contribution >= 0.6 is 0 Å². The summed E-state index contributed by atoms with van der Waals surface area (Å²) >= 11 is 0. The standard InChI is InChI=1S/C12H17NO/c1-8-5-6-11-12(10(8)3)14-9(2)7-13(11)4/h5-6,9H,7H2,1-4H3. The first-order chi connectivity index (χ1) is 6.59. The molecule has 0 saturated heterocycles. The van der Waals surface area contributed by atoms with E-state index in [1.807, 2.05) is 0 Å². The van der Waals surface area contributed by atoms with Gasteiger partial charge in [0.2, 0.25) is 0 Å². The van der Waals surface area contributed by atoms with Crippen LogP contribution in [-0.4, -0.2) is 19.7 Å². The molecule has 2 nitrogen and oxygen atoms in total. The van der Waals surface area contributed by atoms with E-state index in [1.54, 1.807) is 0 Å². The van der Waals surface area contributed by atoms with Crippen LogP contribution in [-0.2, 0) is 0 Å². The maximum absolute atomic E-state index is 5.87. The van der Waals surface area contributed by atoms with Gasteiger partial charge in [-0.25, -0.2) is 0 Å². The third-order valence-electron chi connectivity index (χ3n) is 2.92. The van der Waals surface area contributed by atoms with E-state index in [0.717, 1.165) is 12.3 Å². The molecule has 2 heteroatoms. The van der Waals surface area contributed by atoms with Crippen molar-refractivity contribution in [1.82, 2.24) is 0 Å². The molecule has 0 N–H and O–H groups in total. The van der Waals surface area contributed by atoms with Gasteiger partial charge in [-0.15, -0.1) is 0 Å². The second kappa shape index (κ2) is 3.19. The topological polar surface area (TPSA) is 12.5 Å². The number of fused-ring (bicyclic) bond motifs is 1. The molecule has 0 saturated carbocycles. The third kappa shape index (κ3) is 1.35. The minimum absolute atomic E-state index is 0.285. The molecule has 0 bridgehead atoms. The number of hydrogen-bond donors (Lipinski definition) is 0. The number of anilines is 1. The van der Waals surface area contributed by atoms with Gasteiger partial charge in [-0.05, 0) is 38.0 Å². The maximum atomic E-state index is 5.87. The zero-order valence-corrected chi connectivity index (χ0v) is 9.29. The normalized spacial score (nSPS) is 20.3. The van der Waals surface area contributed by atoms with Crippen LogP contribution in [0.2, 0.25) is 0 Å². The van der Waals surface area contributed by atoms with E-state index < -0.39 is 0 Å². The fourth-order valence-corrected chi connectivity index (χ4v) is 1.95. The van der Waals surface area contributed by atoms with Gasteiger partial charge in [0.15, 0.2) is 0 Å². The van der Waals surface area contributed by atoms with Crippen molar-refractivity contribution in [2.45, 2.75) is 26.9 Å². The van der Waals surface area contributed by atoms with Gasteiger partial charge >= 0.3 is 0 Å². The molecule has 0 aromatic heterocycles. The van der Waals surface area contributed by atoms with Crippen molar-refractivity contribution in [3.63, 3.8) is 0 Å². The highest BCUT2D eigenvalue weighted by molar-refractivity contribution is 5.64. The van der Waals surface area contributed by atoms with Crippen molar-refractivity contribution in [2.24, 2.45) is 0 Å². The van der Waals surface area contributed by atoms with Crippen LogP contribution in [0.1, 0.15) is 18.1 Å². The van der Waals surface area contributed by atoms with Gasteiger partial charge in [-0.3, -0.25) is 0 Å². The van der Waals surface area contributed by atoms with Crippen molar-refractivity contribution in [1.29, 1.82) is 0 Å². The molecule has 76 valence electrons. The zero-order chi connectivity index (χ0) is 10.3. The van der Waals surface area contributed by atoms with Gasteiger partial charge in [-0.2, -0.15) is 0 Å². The lowest BCUT2D eigenvalue weighted by atomic mass is 10.1. The Morgan fingerprint density at radius 2 is 2.07 bits per heavy atom. The van der Waals surface area contributed by atoms with Gasteiger partial charge in [0.05, 0.1) is 12.2 Å². The molecule has 1 unspecified atom stereocenters. The number of aryl methyl sites for hydroxylation is 1. The van der Waals surface area contributed by atoms with E-state index in [0.29, 0.717) is 0 Å². The highest BCUT2D eigenvalue weighted by Gasteiger charge is 2.21. The average molecular weight is 191 g/mol. The summed E-state index contributed by atoms with van der Waals surface area (Å²) in [4.78, 5) is 2.26. The number of nitrogens with zero attached hydrogens (tertiary/aromatic N) is 1. The summed E-state index contributed by atoms with van der Waals surface area (Å²) in [5.41, 5.74) is 3.78. The summed E-state index contributed by atoms with van der Waals surface area (Å²) in [6.45, 7) is 7.33. The van der Waals surface area contributed by atoms with Gasteiger partial charge in [0.1, 0.15) is 11.9 Å². The van der Waals surface area contributed by atoms with E-state index in [1.165, 1.54) is 16.8 Å². The molecule has 2 rings (SSSR count). The first kappa shape index (κ1) is 9.38. The monoisotopic (exact) mass is 191 g/mol.